The molecule has 168 valence electrons. The fourth-order valence-electron chi connectivity index (χ4n) is 2.99. The molecule has 0 aliphatic rings. The van der Waals surface area contributed by atoms with Gasteiger partial charge in [0, 0.05) is 6.54 Å². The number of rotatable bonds is 21. The largest absolute Gasteiger partial charge is 0.472 e. The first-order chi connectivity index (χ1) is 13.5. The Balaban J connectivity index is 3.58. The Labute approximate surface area is 174 Å². The highest BCUT2D eigenvalue weighted by molar-refractivity contribution is 7.47. The summed E-state index contributed by atoms with van der Waals surface area (Å²) < 4.78 is 21.8. The van der Waals surface area contributed by atoms with Crippen molar-refractivity contribution in [2.75, 3.05) is 33.4 Å². The van der Waals surface area contributed by atoms with Crippen LogP contribution in [0.3, 0.4) is 0 Å². The zero-order valence-corrected chi connectivity index (χ0v) is 19.6. The van der Waals surface area contributed by atoms with Crippen molar-refractivity contribution < 1.29 is 18.5 Å². The molecule has 0 spiro atoms. The maximum Gasteiger partial charge on any atom is 0.472 e. The molecule has 0 saturated heterocycles. The first kappa shape index (κ1) is 27.8. The van der Waals surface area contributed by atoms with Crippen LogP contribution >= 0.6 is 7.82 Å². The first-order valence-corrected chi connectivity index (χ1v) is 13.0. The van der Waals surface area contributed by atoms with Gasteiger partial charge < -0.3 is 9.79 Å². The van der Waals surface area contributed by atoms with Gasteiger partial charge in [0.2, 0.25) is 0 Å². The predicted octanol–water partition coefficient (Wildman–Crippen LogP) is 6.72. The standard InChI is InChI=1S/C22H46NO4P/c1-4-6-8-10-12-14-17-21-26-28(24,25)27-22-18-16-20-23(3)19-15-13-11-9-7-5-2/h16,18H,4-15,17,19-22H2,1-3H3,(H,24,25)/b18-16-. The molecule has 5 nitrogen and oxygen atoms in total. The van der Waals surface area contributed by atoms with E-state index in [1.807, 2.05) is 6.08 Å². The average Bonchev–Trinajstić information content (AvgIpc) is 2.66. The summed E-state index contributed by atoms with van der Waals surface area (Å²) in [7, 11) is -1.82. The number of nitrogens with zero attached hydrogens (tertiary/aromatic N) is 1. The van der Waals surface area contributed by atoms with Gasteiger partial charge in [-0.1, -0.05) is 96.6 Å². The number of phosphoric acid groups is 1. The minimum atomic E-state index is -3.92. The normalized spacial score (nSPS) is 14.2. The molecule has 0 aromatic heterocycles. The van der Waals surface area contributed by atoms with Crippen LogP contribution in [0.4, 0.5) is 0 Å². The first-order valence-electron chi connectivity index (χ1n) is 11.5. The van der Waals surface area contributed by atoms with E-state index in [-0.39, 0.29) is 13.2 Å². The van der Waals surface area contributed by atoms with Gasteiger partial charge in [0.1, 0.15) is 0 Å². The van der Waals surface area contributed by atoms with E-state index in [0.717, 1.165) is 32.4 Å². The summed E-state index contributed by atoms with van der Waals surface area (Å²) >= 11 is 0. The van der Waals surface area contributed by atoms with E-state index in [1.54, 1.807) is 6.08 Å². The van der Waals surface area contributed by atoms with Crippen molar-refractivity contribution >= 4 is 7.82 Å². The summed E-state index contributed by atoms with van der Waals surface area (Å²) in [6.07, 6.45) is 19.6. The van der Waals surface area contributed by atoms with Gasteiger partial charge in [-0.05, 0) is 26.4 Å². The Morgan fingerprint density at radius 2 is 1.32 bits per heavy atom. The number of likely N-dealkylation sites (N-methyl/N-ethyl adjacent to an activating group) is 1. The van der Waals surface area contributed by atoms with Crippen LogP contribution in [0.2, 0.25) is 0 Å². The van der Waals surface area contributed by atoms with Gasteiger partial charge in [-0.2, -0.15) is 0 Å². The molecule has 1 atom stereocenters. The summed E-state index contributed by atoms with van der Waals surface area (Å²) in [5.74, 6) is 0. The topological polar surface area (TPSA) is 59.0 Å². The van der Waals surface area contributed by atoms with Gasteiger partial charge in [-0.15, -0.1) is 0 Å². The van der Waals surface area contributed by atoms with Crippen molar-refractivity contribution in [1.29, 1.82) is 0 Å². The molecule has 0 saturated carbocycles. The van der Waals surface area contributed by atoms with E-state index in [9.17, 15) is 9.46 Å². The molecule has 0 fully saturated rings. The highest BCUT2D eigenvalue weighted by Gasteiger charge is 2.19. The Kier molecular flexibility index (Phi) is 20.0. The summed E-state index contributed by atoms with van der Waals surface area (Å²) in [5, 5.41) is 0. The zero-order chi connectivity index (χ0) is 20.9. The van der Waals surface area contributed by atoms with E-state index < -0.39 is 7.82 Å². The predicted molar refractivity (Wildman–Crippen MR) is 120 cm³/mol. The van der Waals surface area contributed by atoms with Gasteiger partial charge in [0.05, 0.1) is 13.2 Å². The molecular weight excluding hydrogens is 373 g/mol. The Hall–Kier alpha value is -0.190. The van der Waals surface area contributed by atoms with Gasteiger partial charge in [-0.3, -0.25) is 9.05 Å². The van der Waals surface area contributed by atoms with Crippen molar-refractivity contribution in [2.45, 2.75) is 97.3 Å². The van der Waals surface area contributed by atoms with Gasteiger partial charge >= 0.3 is 7.82 Å². The minimum absolute atomic E-state index is 0.107. The van der Waals surface area contributed by atoms with Crippen molar-refractivity contribution in [1.82, 2.24) is 4.90 Å². The second-order valence-corrected chi connectivity index (χ2v) is 9.17. The van der Waals surface area contributed by atoms with Crippen LogP contribution in [0.15, 0.2) is 12.2 Å². The molecule has 1 N–H and O–H groups in total. The molecule has 0 amide bonds. The lowest BCUT2D eigenvalue weighted by Crippen LogP contribution is -2.19. The summed E-state index contributed by atoms with van der Waals surface area (Å²) in [4.78, 5) is 11.9. The molecule has 0 aliphatic heterocycles. The van der Waals surface area contributed by atoms with Crippen LogP contribution in [0.25, 0.3) is 0 Å². The number of hydrogen-bond donors (Lipinski definition) is 1. The monoisotopic (exact) mass is 419 g/mol. The number of unbranched alkanes of at least 4 members (excludes halogenated alkanes) is 11. The molecule has 6 heteroatoms. The lowest BCUT2D eigenvalue weighted by Gasteiger charge is -2.14. The number of phosphoric ester groups is 1. The van der Waals surface area contributed by atoms with Crippen molar-refractivity contribution in [3.8, 4) is 0 Å². The smallest absolute Gasteiger partial charge is 0.303 e. The lowest BCUT2D eigenvalue weighted by atomic mass is 10.1. The molecule has 0 rings (SSSR count). The second-order valence-electron chi connectivity index (χ2n) is 7.72. The highest BCUT2D eigenvalue weighted by atomic mass is 31.2. The van der Waals surface area contributed by atoms with Crippen LogP contribution in [-0.2, 0) is 13.6 Å². The van der Waals surface area contributed by atoms with Crippen molar-refractivity contribution in [2.24, 2.45) is 0 Å². The van der Waals surface area contributed by atoms with Gasteiger partial charge in [0.25, 0.3) is 0 Å². The fraction of sp³-hybridized carbons (Fsp3) is 0.909. The van der Waals surface area contributed by atoms with Gasteiger partial charge in [-0.25, -0.2) is 4.57 Å². The Bertz CT molecular complexity index is 404. The number of hydrogen-bond acceptors (Lipinski definition) is 4. The Morgan fingerprint density at radius 3 is 1.93 bits per heavy atom. The molecule has 0 aromatic carbocycles. The fourth-order valence-corrected chi connectivity index (χ4v) is 3.70. The van der Waals surface area contributed by atoms with Crippen molar-refractivity contribution in [3.63, 3.8) is 0 Å². The van der Waals surface area contributed by atoms with Crippen LogP contribution < -0.4 is 0 Å². The minimum Gasteiger partial charge on any atom is -0.303 e. The maximum absolute atomic E-state index is 11.8. The van der Waals surface area contributed by atoms with E-state index in [2.05, 4.69) is 25.8 Å². The zero-order valence-electron chi connectivity index (χ0n) is 18.7. The van der Waals surface area contributed by atoms with E-state index >= 15 is 0 Å². The highest BCUT2D eigenvalue weighted by Crippen LogP contribution is 2.43. The third-order valence-electron chi connectivity index (χ3n) is 4.81. The summed E-state index contributed by atoms with van der Waals surface area (Å²) in [5.41, 5.74) is 0. The van der Waals surface area contributed by atoms with E-state index in [0.29, 0.717) is 0 Å². The van der Waals surface area contributed by atoms with E-state index in [1.165, 1.54) is 64.2 Å². The molecule has 0 radical (unpaired) electrons. The molecule has 0 aliphatic carbocycles. The quantitative estimate of drug-likeness (QED) is 0.127. The van der Waals surface area contributed by atoms with Crippen LogP contribution in [0, 0.1) is 0 Å². The second kappa shape index (κ2) is 20.1. The molecule has 1 unspecified atom stereocenters. The lowest BCUT2D eigenvalue weighted by molar-refractivity contribution is 0.158. The summed E-state index contributed by atoms with van der Waals surface area (Å²) in [6, 6.07) is 0. The van der Waals surface area contributed by atoms with Crippen LogP contribution in [-0.4, -0.2) is 43.1 Å². The molecule has 28 heavy (non-hydrogen) atoms. The van der Waals surface area contributed by atoms with Crippen molar-refractivity contribution in [3.05, 3.63) is 12.2 Å². The van der Waals surface area contributed by atoms with E-state index in [4.69, 9.17) is 9.05 Å². The average molecular weight is 420 g/mol. The van der Waals surface area contributed by atoms with Gasteiger partial charge in [0.15, 0.2) is 0 Å². The third-order valence-corrected chi connectivity index (χ3v) is 5.80. The molecule has 0 aromatic rings. The van der Waals surface area contributed by atoms with Crippen LogP contribution in [0.1, 0.15) is 97.3 Å². The SMILES string of the molecule is CCCCCCCCCOP(=O)(O)OC/C=C\CN(C)CCCCCCCC. The van der Waals surface area contributed by atoms with Crippen LogP contribution in [0.5, 0.6) is 0 Å². The molecular formula is C22H46NO4P. The summed E-state index contributed by atoms with van der Waals surface area (Å²) in [6.45, 7) is 6.74. The Morgan fingerprint density at radius 1 is 0.786 bits per heavy atom. The molecule has 0 bridgehead atoms. The molecule has 0 heterocycles. The third kappa shape index (κ3) is 20.5. The maximum atomic E-state index is 11.8.